The molecule has 0 aliphatic rings. The molecule has 2 unspecified atom stereocenters. The molecule has 0 radical (unpaired) electrons. The zero-order chi connectivity index (χ0) is 47.6. The molecule has 8 nitrogen and oxygen atoms in total. The summed E-state index contributed by atoms with van der Waals surface area (Å²) < 4.78 is 35.2. The zero-order valence-corrected chi connectivity index (χ0v) is 44.4. The Morgan fingerprint density at radius 3 is 1.31 bits per heavy atom. The summed E-state index contributed by atoms with van der Waals surface area (Å²) in [6.07, 6.45) is 61.6. The fraction of sp³-hybridized carbons (Fsp3) is 0.839. The van der Waals surface area contributed by atoms with Crippen molar-refractivity contribution in [3.8, 4) is 0 Å². The largest absolute Gasteiger partial charge is 0.472 e. The highest BCUT2D eigenvalue weighted by atomic mass is 31.2. The van der Waals surface area contributed by atoms with Crippen LogP contribution in [0.5, 0.6) is 0 Å². The Balaban J connectivity index is 4.12. The molecule has 0 aliphatic heterocycles. The summed E-state index contributed by atoms with van der Waals surface area (Å²) in [6.45, 7) is 5.60. The van der Waals surface area contributed by atoms with Gasteiger partial charge in [-0.15, -0.1) is 0 Å². The SMILES string of the molecule is CCCCC/C=C\C/C=C\C/C=C\CCCCCCCCCOCC(COP(=O)(O)OCC[N+](C)(C)C)OC(=O)CCCCCCCCCCCCC/C=C\CCCCCCCCCC. The molecule has 2 atom stereocenters. The van der Waals surface area contributed by atoms with Gasteiger partial charge >= 0.3 is 13.8 Å². The van der Waals surface area contributed by atoms with Crippen molar-refractivity contribution in [2.45, 2.75) is 251 Å². The number of allylic oxidation sites excluding steroid dienone is 8. The maximum absolute atomic E-state index is 12.8. The summed E-state index contributed by atoms with van der Waals surface area (Å²) in [5.74, 6) is -0.316. The first kappa shape index (κ1) is 63.5. The van der Waals surface area contributed by atoms with Crippen LogP contribution in [0.4, 0.5) is 0 Å². The minimum absolute atomic E-state index is 0.0857. The fourth-order valence-corrected chi connectivity index (χ4v) is 8.36. The molecule has 0 aromatic carbocycles. The van der Waals surface area contributed by atoms with Crippen LogP contribution in [0.2, 0.25) is 0 Å². The minimum Gasteiger partial charge on any atom is -0.457 e. The van der Waals surface area contributed by atoms with Crippen LogP contribution in [0, 0.1) is 0 Å². The van der Waals surface area contributed by atoms with Crippen LogP contribution in [0.25, 0.3) is 0 Å². The van der Waals surface area contributed by atoms with E-state index < -0.39 is 13.9 Å². The van der Waals surface area contributed by atoms with Gasteiger partial charge in [0.15, 0.2) is 0 Å². The van der Waals surface area contributed by atoms with E-state index in [1.165, 1.54) is 173 Å². The summed E-state index contributed by atoms with van der Waals surface area (Å²) in [5, 5.41) is 0. The number of ether oxygens (including phenoxy) is 2. The molecule has 0 amide bonds. The van der Waals surface area contributed by atoms with Gasteiger partial charge in [-0.25, -0.2) is 4.57 Å². The van der Waals surface area contributed by atoms with Crippen molar-refractivity contribution in [1.82, 2.24) is 0 Å². The molecule has 0 saturated carbocycles. The van der Waals surface area contributed by atoms with Gasteiger partial charge in [0, 0.05) is 13.0 Å². The molecule has 0 rings (SSSR count). The van der Waals surface area contributed by atoms with E-state index in [1.54, 1.807) is 0 Å². The molecule has 9 heteroatoms. The Hall–Kier alpha value is -1.54. The molecular weight excluding hydrogens is 830 g/mol. The smallest absolute Gasteiger partial charge is 0.457 e. The summed E-state index contributed by atoms with van der Waals surface area (Å²) in [6, 6.07) is 0. The standard InChI is InChI=1S/C56H106NO7P/c1-6-8-10-12-14-16-18-20-22-24-26-28-29-30-31-33-35-37-39-41-43-45-47-49-56(58)64-55(54-63-65(59,60)62-52-50-57(3,4)5)53-61-51-48-46-44-42-40-38-36-34-32-27-25-23-21-19-17-15-13-11-9-7-2/h15,17,21,23-24,26-27,32,55H,6-14,16,18-20,22,25,28-31,33-54H2,1-5H3/p+1/b17-15-,23-21-,26-24-,32-27-. The molecule has 0 fully saturated rings. The van der Waals surface area contributed by atoms with Crippen molar-refractivity contribution in [3.63, 3.8) is 0 Å². The van der Waals surface area contributed by atoms with Crippen molar-refractivity contribution >= 4 is 13.8 Å². The average Bonchev–Trinajstić information content (AvgIpc) is 3.27. The summed E-state index contributed by atoms with van der Waals surface area (Å²) in [5.41, 5.74) is 0. The minimum atomic E-state index is -4.29. The Morgan fingerprint density at radius 1 is 0.477 bits per heavy atom. The van der Waals surface area contributed by atoms with Crippen molar-refractivity contribution < 1.29 is 37.3 Å². The highest BCUT2D eigenvalue weighted by Crippen LogP contribution is 2.43. The number of likely N-dealkylation sites (N-methyl/N-ethyl adjacent to an activating group) is 1. The number of carbonyl (C=O) groups is 1. The fourth-order valence-electron chi connectivity index (χ4n) is 7.61. The highest BCUT2D eigenvalue weighted by molar-refractivity contribution is 7.47. The monoisotopic (exact) mass is 937 g/mol. The molecule has 0 heterocycles. The van der Waals surface area contributed by atoms with Crippen molar-refractivity contribution in [2.75, 3.05) is 54.1 Å². The molecule has 0 saturated heterocycles. The van der Waals surface area contributed by atoms with Crippen molar-refractivity contribution in [3.05, 3.63) is 48.6 Å². The van der Waals surface area contributed by atoms with Crippen molar-refractivity contribution in [2.24, 2.45) is 0 Å². The lowest BCUT2D eigenvalue weighted by Crippen LogP contribution is -2.37. The summed E-state index contributed by atoms with van der Waals surface area (Å²) >= 11 is 0. The molecule has 1 N–H and O–H groups in total. The van der Waals surface area contributed by atoms with Gasteiger partial charge in [0.1, 0.15) is 19.3 Å². The van der Waals surface area contributed by atoms with Crippen molar-refractivity contribution in [1.29, 1.82) is 0 Å². The number of quaternary nitrogens is 1. The van der Waals surface area contributed by atoms with E-state index in [0.29, 0.717) is 24.1 Å². The molecule has 0 bridgehead atoms. The maximum Gasteiger partial charge on any atom is 0.472 e. The number of hydrogen-bond acceptors (Lipinski definition) is 6. The third-order valence-electron chi connectivity index (χ3n) is 11.9. The first-order valence-corrected chi connectivity index (χ1v) is 28.9. The van der Waals surface area contributed by atoms with E-state index in [9.17, 15) is 14.3 Å². The first-order valence-electron chi connectivity index (χ1n) is 27.4. The molecule has 0 spiro atoms. The lowest BCUT2D eigenvalue weighted by atomic mass is 10.0. The molecule has 382 valence electrons. The summed E-state index contributed by atoms with van der Waals surface area (Å²) in [7, 11) is 1.66. The number of rotatable bonds is 51. The van der Waals surface area contributed by atoms with E-state index in [-0.39, 0.29) is 25.8 Å². The second kappa shape index (κ2) is 48.9. The van der Waals surface area contributed by atoms with Gasteiger partial charge < -0.3 is 18.9 Å². The molecule has 0 aromatic heterocycles. The van der Waals surface area contributed by atoms with E-state index in [2.05, 4.69) is 62.5 Å². The van der Waals surface area contributed by atoms with Gasteiger partial charge in [-0.3, -0.25) is 13.8 Å². The Labute approximate surface area is 403 Å². The highest BCUT2D eigenvalue weighted by Gasteiger charge is 2.26. The summed E-state index contributed by atoms with van der Waals surface area (Å²) in [4.78, 5) is 23.0. The Kier molecular flexibility index (Phi) is 47.7. The predicted octanol–water partition coefficient (Wildman–Crippen LogP) is 17.1. The van der Waals surface area contributed by atoms with Crippen LogP contribution < -0.4 is 0 Å². The first-order chi connectivity index (χ1) is 31.6. The van der Waals surface area contributed by atoms with E-state index in [4.69, 9.17) is 18.5 Å². The topological polar surface area (TPSA) is 91.3 Å². The Morgan fingerprint density at radius 2 is 0.846 bits per heavy atom. The average molecular weight is 937 g/mol. The van der Waals surface area contributed by atoms with Gasteiger partial charge in [-0.05, 0) is 77.0 Å². The number of hydrogen-bond donors (Lipinski definition) is 1. The van der Waals surface area contributed by atoms with E-state index in [1.807, 2.05) is 21.1 Å². The zero-order valence-electron chi connectivity index (χ0n) is 43.5. The molecular formula is C56H107NO7P+. The third-order valence-corrected chi connectivity index (χ3v) is 12.8. The van der Waals surface area contributed by atoms with Gasteiger partial charge in [-0.2, -0.15) is 0 Å². The third kappa shape index (κ3) is 53.3. The lowest BCUT2D eigenvalue weighted by molar-refractivity contribution is -0.870. The molecule has 0 aliphatic carbocycles. The van der Waals surface area contributed by atoms with Gasteiger partial charge in [0.05, 0.1) is 34.4 Å². The number of unbranched alkanes of at least 4 members (excludes halogenated alkanes) is 29. The number of phosphoric acid groups is 1. The van der Waals surface area contributed by atoms with Gasteiger partial charge in [-0.1, -0.05) is 210 Å². The molecule has 65 heavy (non-hydrogen) atoms. The van der Waals surface area contributed by atoms with E-state index >= 15 is 0 Å². The van der Waals surface area contributed by atoms with Crippen LogP contribution in [0.1, 0.15) is 245 Å². The van der Waals surface area contributed by atoms with Gasteiger partial charge in [0.25, 0.3) is 0 Å². The molecule has 0 aromatic rings. The number of phosphoric ester groups is 1. The van der Waals surface area contributed by atoms with E-state index in [0.717, 1.165) is 51.4 Å². The number of nitrogens with zero attached hydrogens (tertiary/aromatic N) is 1. The van der Waals surface area contributed by atoms with Crippen LogP contribution in [0.3, 0.4) is 0 Å². The second-order valence-electron chi connectivity index (χ2n) is 19.6. The number of carbonyl (C=O) groups excluding carboxylic acids is 1. The van der Waals surface area contributed by atoms with Crippen LogP contribution in [-0.4, -0.2) is 75.6 Å². The van der Waals surface area contributed by atoms with Crippen LogP contribution in [0.15, 0.2) is 48.6 Å². The van der Waals surface area contributed by atoms with Crippen LogP contribution in [-0.2, 0) is 27.9 Å². The maximum atomic E-state index is 12.8. The van der Waals surface area contributed by atoms with Crippen LogP contribution >= 0.6 is 7.82 Å². The van der Waals surface area contributed by atoms with Gasteiger partial charge in [0.2, 0.25) is 0 Å². The number of esters is 1. The second-order valence-corrected chi connectivity index (χ2v) is 21.1. The normalized spacial score (nSPS) is 13.9. The predicted molar refractivity (Wildman–Crippen MR) is 279 cm³/mol. The Bertz CT molecular complexity index is 1180. The lowest BCUT2D eigenvalue weighted by Gasteiger charge is -2.24. The quantitative estimate of drug-likeness (QED) is 0.0214.